The number of nitrogens with one attached hydrogen (secondary N) is 1. The van der Waals surface area contributed by atoms with E-state index in [0.29, 0.717) is 17.7 Å². The van der Waals surface area contributed by atoms with Gasteiger partial charge in [0, 0.05) is 16.2 Å². The lowest BCUT2D eigenvalue weighted by Gasteiger charge is -2.12. The van der Waals surface area contributed by atoms with Crippen LogP contribution in [0.4, 0.5) is 5.69 Å². The third-order valence-corrected chi connectivity index (χ3v) is 5.09. The molecular weight excluding hydrogens is 320 g/mol. The molecule has 0 spiro atoms. The Kier molecular flexibility index (Phi) is 3.63. The zero-order valence-electron chi connectivity index (χ0n) is 9.52. The Labute approximate surface area is 114 Å². The molecule has 98 valence electrons. The standard InChI is InChI=1S/C11H13BrN2O3S/c12-7-1-2-9(10(13)5-7)11(15)14-8-3-4-18(16,17)6-8/h1-2,5,8H,3-4,6,13H2,(H,14,15). The number of amides is 1. The van der Waals surface area contributed by atoms with E-state index in [0.717, 1.165) is 4.47 Å². The Bertz CT molecular complexity index is 586. The number of anilines is 1. The van der Waals surface area contributed by atoms with Gasteiger partial charge in [0.15, 0.2) is 9.84 Å². The highest BCUT2D eigenvalue weighted by atomic mass is 79.9. The first-order valence-electron chi connectivity index (χ1n) is 5.44. The summed E-state index contributed by atoms with van der Waals surface area (Å²) in [5, 5.41) is 2.70. The molecule has 18 heavy (non-hydrogen) atoms. The van der Waals surface area contributed by atoms with Gasteiger partial charge in [-0.2, -0.15) is 0 Å². The SMILES string of the molecule is Nc1cc(Br)ccc1C(=O)NC1CCS(=O)(=O)C1. The Balaban J connectivity index is 2.09. The summed E-state index contributed by atoms with van der Waals surface area (Å²) in [6, 6.07) is 4.65. The Hall–Kier alpha value is -1.08. The van der Waals surface area contributed by atoms with Gasteiger partial charge < -0.3 is 11.1 Å². The molecule has 1 atom stereocenters. The Morgan fingerprint density at radius 2 is 2.17 bits per heavy atom. The van der Waals surface area contributed by atoms with Crippen molar-refractivity contribution in [2.24, 2.45) is 0 Å². The van der Waals surface area contributed by atoms with E-state index in [1.54, 1.807) is 18.2 Å². The van der Waals surface area contributed by atoms with Gasteiger partial charge in [-0.15, -0.1) is 0 Å². The van der Waals surface area contributed by atoms with E-state index in [-0.39, 0.29) is 23.5 Å². The number of carbonyl (C=O) groups is 1. The molecule has 1 aliphatic rings. The number of halogens is 1. The second-order valence-corrected chi connectivity index (χ2v) is 7.45. The number of hydrogen-bond donors (Lipinski definition) is 2. The fraction of sp³-hybridized carbons (Fsp3) is 0.364. The van der Waals surface area contributed by atoms with Gasteiger partial charge in [-0.3, -0.25) is 4.79 Å². The molecule has 1 unspecified atom stereocenters. The van der Waals surface area contributed by atoms with Crippen molar-refractivity contribution in [3.05, 3.63) is 28.2 Å². The maximum atomic E-state index is 11.9. The fourth-order valence-corrected chi connectivity index (χ4v) is 3.96. The summed E-state index contributed by atoms with van der Waals surface area (Å²) in [5.74, 6) is -0.190. The van der Waals surface area contributed by atoms with Crippen LogP contribution in [0.15, 0.2) is 22.7 Å². The summed E-state index contributed by atoms with van der Waals surface area (Å²) in [7, 11) is -2.99. The molecule has 1 heterocycles. The van der Waals surface area contributed by atoms with Gasteiger partial charge in [0.1, 0.15) is 0 Å². The van der Waals surface area contributed by atoms with E-state index in [1.807, 2.05) is 0 Å². The summed E-state index contributed by atoms with van der Waals surface area (Å²) in [4.78, 5) is 11.9. The van der Waals surface area contributed by atoms with E-state index < -0.39 is 9.84 Å². The van der Waals surface area contributed by atoms with Crippen molar-refractivity contribution < 1.29 is 13.2 Å². The molecule has 7 heteroatoms. The van der Waals surface area contributed by atoms with Gasteiger partial charge in [-0.1, -0.05) is 15.9 Å². The number of nitrogen functional groups attached to an aromatic ring is 1. The van der Waals surface area contributed by atoms with E-state index in [4.69, 9.17) is 5.73 Å². The summed E-state index contributed by atoms with van der Waals surface area (Å²) in [5.41, 5.74) is 6.47. The highest BCUT2D eigenvalue weighted by molar-refractivity contribution is 9.10. The minimum atomic E-state index is -2.99. The molecule has 1 aromatic carbocycles. The first kappa shape index (κ1) is 13.4. The smallest absolute Gasteiger partial charge is 0.253 e. The maximum absolute atomic E-state index is 11.9. The number of nitrogens with two attached hydrogens (primary N) is 1. The molecule has 1 amide bonds. The second kappa shape index (κ2) is 4.89. The van der Waals surface area contributed by atoms with Crippen LogP contribution >= 0.6 is 15.9 Å². The third-order valence-electron chi connectivity index (χ3n) is 2.83. The molecule has 1 aliphatic heterocycles. The van der Waals surface area contributed by atoms with E-state index in [1.165, 1.54) is 0 Å². The molecule has 5 nitrogen and oxygen atoms in total. The quantitative estimate of drug-likeness (QED) is 0.789. The molecule has 0 bridgehead atoms. The van der Waals surface area contributed by atoms with E-state index in [9.17, 15) is 13.2 Å². The van der Waals surface area contributed by atoms with Crippen LogP contribution in [0, 0.1) is 0 Å². The first-order valence-corrected chi connectivity index (χ1v) is 8.05. The first-order chi connectivity index (χ1) is 8.37. The fourth-order valence-electron chi connectivity index (χ4n) is 1.91. The number of sulfone groups is 1. The Morgan fingerprint density at radius 3 is 2.72 bits per heavy atom. The summed E-state index contributed by atoms with van der Waals surface area (Å²) < 4.78 is 23.4. The van der Waals surface area contributed by atoms with Crippen molar-refractivity contribution in [1.29, 1.82) is 0 Å². The zero-order chi connectivity index (χ0) is 13.3. The number of rotatable bonds is 2. The molecule has 2 rings (SSSR count). The lowest BCUT2D eigenvalue weighted by Crippen LogP contribution is -2.35. The van der Waals surface area contributed by atoms with Gasteiger partial charge >= 0.3 is 0 Å². The lowest BCUT2D eigenvalue weighted by atomic mass is 10.1. The number of hydrogen-bond acceptors (Lipinski definition) is 4. The van der Waals surface area contributed by atoms with Crippen molar-refractivity contribution >= 4 is 37.4 Å². The van der Waals surface area contributed by atoms with Gasteiger partial charge in [-0.25, -0.2) is 8.42 Å². The van der Waals surface area contributed by atoms with E-state index in [2.05, 4.69) is 21.2 Å². The van der Waals surface area contributed by atoms with Crippen molar-refractivity contribution in [3.63, 3.8) is 0 Å². The largest absolute Gasteiger partial charge is 0.398 e. The number of benzene rings is 1. The zero-order valence-corrected chi connectivity index (χ0v) is 11.9. The van der Waals surface area contributed by atoms with Crippen LogP contribution in [0.1, 0.15) is 16.8 Å². The maximum Gasteiger partial charge on any atom is 0.253 e. The van der Waals surface area contributed by atoms with Crippen LogP contribution < -0.4 is 11.1 Å². The molecule has 1 fully saturated rings. The molecule has 1 aromatic rings. The minimum Gasteiger partial charge on any atom is -0.398 e. The van der Waals surface area contributed by atoms with Crippen LogP contribution in [0.5, 0.6) is 0 Å². The molecule has 3 N–H and O–H groups in total. The predicted molar refractivity (Wildman–Crippen MR) is 73.1 cm³/mol. The van der Waals surface area contributed by atoms with Crippen molar-refractivity contribution in [3.8, 4) is 0 Å². The molecular formula is C11H13BrN2O3S. The summed E-state index contributed by atoms with van der Waals surface area (Å²) >= 11 is 3.26. The van der Waals surface area contributed by atoms with Crippen molar-refractivity contribution in [2.75, 3.05) is 17.2 Å². The molecule has 0 aliphatic carbocycles. The molecule has 0 aromatic heterocycles. The molecule has 1 saturated heterocycles. The van der Waals surface area contributed by atoms with Crippen LogP contribution in [-0.4, -0.2) is 31.9 Å². The average molecular weight is 333 g/mol. The summed E-state index contributed by atoms with van der Waals surface area (Å²) in [6.45, 7) is 0. The topological polar surface area (TPSA) is 89.3 Å². The van der Waals surface area contributed by atoms with Gasteiger partial charge in [0.05, 0.1) is 17.1 Å². The van der Waals surface area contributed by atoms with Gasteiger partial charge in [-0.05, 0) is 24.6 Å². The van der Waals surface area contributed by atoms with Crippen molar-refractivity contribution in [2.45, 2.75) is 12.5 Å². The van der Waals surface area contributed by atoms with Crippen LogP contribution in [-0.2, 0) is 9.84 Å². The third kappa shape index (κ3) is 3.02. The van der Waals surface area contributed by atoms with Crippen LogP contribution in [0.3, 0.4) is 0 Å². The minimum absolute atomic E-state index is 0.00910. The number of carbonyl (C=O) groups excluding carboxylic acids is 1. The molecule has 0 radical (unpaired) electrons. The van der Waals surface area contributed by atoms with Crippen LogP contribution in [0.2, 0.25) is 0 Å². The average Bonchev–Trinajstić information content (AvgIpc) is 2.57. The van der Waals surface area contributed by atoms with E-state index >= 15 is 0 Å². The second-order valence-electron chi connectivity index (χ2n) is 4.30. The predicted octanol–water partition coefficient (Wildman–Crippen LogP) is 0.948. The molecule has 0 saturated carbocycles. The van der Waals surface area contributed by atoms with Crippen molar-refractivity contribution in [1.82, 2.24) is 5.32 Å². The van der Waals surface area contributed by atoms with Gasteiger partial charge in [0.2, 0.25) is 0 Å². The lowest BCUT2D eigenvalue weighted by molar-refractivity contribution is 0.0942. The monoisotopic (exact) mass is 332 g/mol. The highest BCUT2D eigenvalue weighted by Gasteiger charge is 2.29. The summed E-state index contributed by atoms with van der Waals surface area (Å²) in [6.07, 6.45) is 0.463. The normalized spacial score (nSPS) is 21.7. The Morgan fingerprint density at radius 1 is 1.44 bits per heavy atom. The van der Waals surface area contributed by atoms with Crippen LogP contribution in [0.25, 0.3) is 0 Å². The van der Waals surface area contributed by atoms with Gasteiger partial charge in [0.25, 0.3) is 5.91 Å². The highest BCUT2D eigenvalue weighted by Crippen LogP contribution is 2.19.